The molecule has 0 aromatic heterocycles. The van der Waals surface area contributed by atoms with Gasteiger partial charge in [0.05, 0.1) is 6.07 Å². The maximum atomic E-state index is 9.68. The average Bonchev–Trinajstić information content (AvgIpc) is 3.18. The van der Waals surface area contributed by atoms with Crippen molar-refractivity contribution in [3.63, 3.8) is 0 Å². The largest absolute Gasteiger partial charge is 0.301 e. The summed E-state index contributed by atoms with van der Waals surface area (Å²) in [6.45, 7) is 7.45. The molecule has 2 rings (SSSR count). The van der Waals surface area contributed by atoms with Gasteiger partial charge in [-0.2, -0.15) is 5.26 Å². The van der Waals surface area contributed by atoms with Crippen LogP contribution in [0.1, 0.15) is 46.5 Å². The summed E-state index contributed by atoms with van der Waals surface area (Å²) in [7, 11) is 2.18. The summed E-state index contributed by atoms with van der Waals surface area (Å²) in [6.07, 6.45) is 5.15. The van der Waals surface area contributed by atoms with E-state index in [0.717, 1.165) is 12.5 Å². The van der Waals surface area contributed by atoms with Crippen molar-refractivity contribution in [1.82, 2.24) is 10.2 Å². The van der Waals surface area contributed by atoms with Crippen LogP contribution in [0, 0.1) is 23.2 Å². The molecule has 102 valence electrons. The van der Waals surface area contributed by atoms with E-state index in [1.165, 1.54) is 25.7 Å². The standard InChI is InChI=1S/C15H27N3/c1-11(2)17-15(9-16,14-7-8-14)10-18(4)12(3)13-5-6-13/h11-14,17H,5-8,10H2,1-4H3. The minimum absolute atomic E-state index is 0.327. The Hall–Kier alpha value is -0.590. The Balaban J connectivity index is 2.01. The molecule has 0 radical (unpaired) electrons. The van der Waals surface area contributed by atoms with Gasteiger partial charge in [-0.05, 0) is 65.3 Å². The van der Waals surface area contributed by atoms with Gasteiger partial charge < -0.3 is 4.90 Å². The fraction of sp³-hybridized carbons (Fsp3) is 0.933. The van der Waals surface area contributed by atoms with Gasteiger partial charge in [0.15, 0.2) is 0 Å². The Kier molecular flexibility index (Phi) is 3.99. The second kappa shape index (κ2) is 5.19. The molecule has 2 fully saturated rings. The van der Waals surface area contributed by atoms with E-state index >= 15 is 0 Å². The summed E-state index contributed by atoms with van der Waals surface area (Å²) in [5.74, 6) is 1.42. The number of nitrogens with zero attached hydrogens (tertiary/aromatic N) is 2. The van der Waals surface area contributed by atoms with E-state index in [1.807, 2.05) is 0 Å². The molecule has 0 aliphatic heterocycles. The lowest BCUT2D eigenvalue weighted by Crippen LogP contribution is -2.57. The fourth-order valence-electron chi connectivity index (χ4n) is 3.02. The number of nitrogens with one attached hydrogen (secondary N) is 1. The number of nitriles is 1. The Morgan fingerprint density at radius 2 is 1.89 bits per heavy atom. The van der Waals surface area contributed by atoms with Crippen LogP contribution in [0.25, 0.3) is 0 Å². The molecule has 0 heterocycles. The summed E-state index contributed by atoms with van der Waals surface area (Å²) in [5.41, 5.74) is -0.327. The molecule has 0 bridgehead atoms. The van der Waals surface area contributed by atoms with Crippen molar-refractivity contribution in [1.29, 1.82) is 5.26 Å². The third kappa shape index (κ3) is 3.05. The molecule has 2 unspecified atom stereocenters. The zero-order valence-corrected chi connectivity index (χ0v) is 12.2. The van der Waals surface area contributed by atoms with E-state index in [9.17, 15) is 5.26 Å². The summed E-state index contributed by atoms with van der Waals surface area (Å²) in [4.78, 5) is 2.40. The maximum Gasteiger partial charge on any atom is 0.122 e. The first-order valence-electron chi connectivity index (χ1n) is 7.37. The Bertz CT molecular complexity index is 325. The van der Waals surface area contributed by atoms with Gasteiger partial charge in [-0.3, -0.25) is 5.32 Å². The van der Waals surface area contributed by atoms with Gasteiger partial charge in [-0.1, -0.05) is 0 Å². The average molecular weight is 249 g/mol. The number of hydrogen-bond donors (Lipinski definition) is 1. The second-order valence-corrected chi connectivity index (χ2v) is 6.65. The van der Waals surface area contributed by atoms with E-state index in [-0.39, 0.29) is 5.54 Å². The molecule has 2 saturated carbocycles. The lowest BCUT2D eigenvalue weighted by atomic mass is 9.92. The van der Waals surface area contributed by atoms with Crippen molar-refractivity contribution in [2.75, 3.05) is 13.6 Å². The van der Waals surface area contributed by atoms with Gasteiger partial charge >= 0.3 is 0 Å². The monoisotopic (exact) mass is 249 g/mol. The van der Waals surface area contributed by atoms with E-state index < -0.39 is 0 Å². The van der Waals surface area contributed by atoms with E-state index in [0.29, 0.717) is 18.0 Å². The Labute approximate surface area is 112 Å². The molecule has 2 atom stereocenters. The molecule has 2 aliphatic carbocycles. The quantitative estimate of drug-likeness (QED) is 0.753. The van der Waals surface area contributed by atoms with E-state index in [4.69, 9.17) is 0 Å². The van der Waals surface area contributed by atoms with Gasteiger partial charge in [-0.15, -0.1) is 0 Å². The highest BCUT2D eigenvalue weighted by atomic mass is 15.2. The highest BCUT2D eigenvalue weighted by molar-refractivity contribution is 5.17. The minimum Gasteiger partial charge on any atom is -0.301 e. The molecule has 0 aromatic carbocycles. The van der Waals surface area contributed by atoms with Crippen LogP contribution < -0.4 is 5.32 Å². The molecule has 3 heteroatoms. The zero-order chi connectivity index (χ0) is 13.3. The zero-order valence-electron chi connectivity index (χ0n) is 12.2. The predicted octanol–water partition coefficient (Wildman–Crippen LogP) is 2.39. The first kappa shape index (κ1) is 13.8. The highest BCUT2D eigenvalue weighted by Crippen LogP contribution is 2.41. The van der Waals surface area contributed by atoms with Crippen molar-refractivity contribution >= 4 is 0 Å². The van der Waals surface area contributed by atoms with Crippen LogP contribution in [0.2, 0.25) is 0 Å². The number of hydrogen-bond acceptors (Lipinski definition) is 3. The molecule has 2 aliphatic rings. The first-order valence-corrected chi connectivity index (χ1v) is 7.37. The normalized spacial score (nSPS) is 24.9. The summed E-state index contributed by atoms with van der Waals surface area (Å²) < 4.78 is 0. The predicted molar refractivity (Wildman–Crippen MR) is 74.2 cm³/mol. The molecular weight excluding hydrogens is 222 g/mol. The van der Waals surface area contributed by atoms with Crippen LogP contribution in [0.15, 0.2) is 0 Å². The van der Waals surface area contributed by atoms with Gasteiger partial charge in [0.2, 0.25) is 0 Å². The Morgan fingerprint density at radius 1 is 1.28 bits per heavy atom. The first-order chi connectivity index (χ1) is 8.48. The molecule has 0 amide bonds. The summed E-state index contributed by atoms with van der Waals surface area (Å²) in [5, 5.41) is 13.2. The molecule has 3 nitrogen and oxygen atoms in total. The third-order valence-corrected chi connectivity index (χ3v) is 4.52. The van der Waals surface area contributed by atoms with Crippen molar-refractivity contribution in [2.45, 2.75) is 64.1 Å². The van der Waals surface area contributed by atoms with Crippen LogP contribution in [0.4, 0.5) is 0 Å². The molecule has 0 saturated heterocycles. The van der Waals surface area contributed by atoms with Crippen LogP contribution in [-0.2, 0) is 0 Å². The highest BCUT2D eigenvalue weighted by Gasteiger charge is 2.47. The van der Waals surface area contributed by atoms with Crippen LogP contribution >= 0.6 is 0 Å². The van der Waals surface area contributed by atoms with Gasteiger partial charge in [-0.25, -0.2) is 0 Å². The smallest absolute Gasteiger partial charge is 0.122 e. The fourth-order valence-corrected chi connectivity index (χ4v) is 3.02. The third-order valence-electron chi connectivity index (χ3n) is 4.52. The van der Waals surface area contributed by atoms with Gasteiger partial charge in [0.25, 0.3) is 0 Å². The topological polar surface area (TPSA) is 39.1 Å². The second-order valence-electron chi connectivity index (χ2n) is 6.65. The van der Waals surface area contributed by atoms with Crippen LogP contribution in [-0.4, -0.2) is 36.1 Å². The summed E-state index contributed by atoms with van der Waals surface area (Å²) in [6, 6.07) is 3.59. The van der Waals surface area contributed by atoms with Crippen LogP contribution in [0.5, 0.6) is 0 Å². The Morgan fingerprint density at radius 3 is 2.28 bits per heavy atom. The molecule has 0 aromatic rings. The van der Waals surface area contributed by atoms with Gasteiger partial charge in [0.1, 0.15) is 5.54 Å². The van der Waals surface area contributed by atoms with Gasteiger partial charge in [0, 0.05) is 18.6 Å². The number of likely N-dealkylation sites (N-methyl/N-ethyl adjacent to an activating group) is 1. The van der Waals surface area contributed by atoms with Crippen molar-refractivity contribution in [2.24, 2.45) is 11.8 Å². The van der Waals surface area contributed by atoms with E-state index in [2.05, 4.69) is 44.1 Å². The lowest BCUT2D eigenvalue weighted by molar-refractivity contribution is 0.166. The van der Waals surface area contributed by atoms with Crippen molar-refractivity contribution in [3.05, 3.63) is 0 Å². The molecule has 0 spiro atoms. The summed E-state index contributed by atoms with van der Waals surface area (Å²) >= 11 is 0. The maximum absolute atomic E-state index is 9.68. The lowest BCUT2D eigenvalue weighted by Gasteiger charge is -2.36. The number of rotatable bonds is 7. The van der Waals surface area contributed by atoms with Crippen molar-refractivity contribution in [3.8, 4) is 6.07 Å². The van der Waals surface area contributed by atoms with Crippen LogP contribution in [0.3, 0.4) is 0 Å². The molecule has 18 heavy (non-hydrogen) atoms. The minimum atomic E-state index is -0.327. The molecule has 1 N–H and O–H groups in total. The SMILES string of the molecule is CC(C)NC(C#N)(CN(C)C(C)C1CC1)C1CC1. The van der Waals surface area contributed by atoms with E-state index in [1.54, 1.807) is 0 Å². The molecular formula is C15H27N3. The van der Waals surface area contributed by atoms with Crippen molar-refractivity contribution < 1.29 is 0 Å².